The molecule has 4 nitrogen and oxygen atoms in total. The van der Waals surface area contributed by atoms with Gasteiger partial charge >= 0.3 is 0 Å². The van der Waals surface area contributed by atoms with Crippen LogP contribution in [0.3, 0.4) is 0 Å². The monoisotopic (exact) mass is 255 g/mol. The number of benzene rings is 1. The molecule has 1 aromatic heterocycles. The minimum Gasteiger partial charge on any atom is -0.459 e. The van der Waals surface area contributed by atoms with E-state index in [2.05, 4.69) is 17.2 Å². The van der Waals surface area contributed by atoms with Crippen LogP contribution in [0, 0.1) is 11.8 Å². The van der Waals surface area contributed by atoms with E-state index in [1.165, 1.54) is 6.26 Å². The first-order valence-corrected chi connectivity index (χ1v) is 5.80. The summed E-state index contributed by atoms with van der Waals surface area (Å²) in [6, 6.07) is 10.7. The molecular weight excluding hydrogens is 242 g/mol. The Balaban J connectivity index is 2.05. The van der Waals surface area contributed by atoms with Crippen molar-refractivity contribution in [2.75, 3.05) is 6.61 Å². The van der Waals surface area contributed by atoms with E-state index in [1.54, 1.807) is 12.1 Å². The minimum atomic E-state index is -0.269. The van der Waals surface area contributed by atoms with E-state index < -0.39 is 0 Å². The summed E-state index contributed by atoms with van der Waals surface area (Å²) in [4.78, 5) is 11.7. The Morgan fingerprint density at radius 2 is 2.11 bits per heavy atom. The smallest absolute Gasteiger partial charge is 0.287 e. The number of carbonyl (C=O) groups is 1. The number of amides is 1. The third-order valence-corrected chi connectivity index (χ3v) is 2.50. The maximum absolute atomic E-state index is 11.7. The quantitative estimate of drug-likeness (QED) is 0.818. The first-order chi connectivity index (χ1) is 9.31. The summed E-state index contributed by atoms with van der Waals surface area (Å²) in [6.07, 6.45) is 1.45. The maximum Gasteiger partial charge on any atom is 0.287 e. The van der Waals surface area contributed by atoms with Gasteiger partial charge in [-0.1, -0.05) is 30.0 Å². The van der Waals surface area contributed by atoms with Crippen LogP contribution < -0.4 is 5.32 Å². The zero-order valence-electron chi connectivity index (χ0n) is 10.2. The van der Waals surface area contributed by atoms with Crippen molar-refractivity contribution in [2.45, 2.75) is 6.54 Å². The maximum atomic E-state index is 11.7. The van der Waals surface area contributed by atoms with Crippen molar-refractivity contribution in [1.29, 1.82) is 0 Å². The largest absolute Gasteiger partial charge is 0.459 e. The molecule has 0 saturated heterocycles. The zero-order valence-corrected chi connectivity index (χ0v) is 10.2. The molecule has 0 radical (unpaired) electrons. The average Bonchev–Trinajstić information content (AvgIpc) is 2.97. The second-order valence-electron chi connectivity index (χ2n) is 3.78. The molecule has 0 fully saturated rings. The van der Waals surface area contributed by atoms with Gasteiger partial charge in [-0.2, -0.15) is 0 Å². The molecule has 0 aliphatic rings. The number of nitrogens with one attached hydrogen (secondary N) is 1. The van der Waals surface area contributed by atoms with Gasteiger partial charge in [-0.15, -0.1) is 0 Å². The standard InChI is InChI=1S/C15H13NO3/c17-9-3-7-12-5-1-2-6-13(12)11-16-15(18)14-8-4-10-19-14/h1-2,4-6,8,10,17H,9,11H2,(H,16,18). The summed E-state index contributed by atoms with van der Waals surface area (Å²) in [5, 5.41) is 11.5. The molecule has 19 heavy (non-hydrogen) atoms. The van der Waals surface area contributed by atoms with Gasteiger partial charge in [0.1, 0.15) is 6.61 Å². The first kappa shape index (κ1) is 12.9. The van der Waals surface area contributed by atoms with Gasteiger partial charge in [0, 0.05) is 12.1 Å². The Hall–Kier alpha value is -2.51. The lowest BCUT2D eigenvalue weighted by Crippen LogP contribution is -2.22. The molecule has 96 valence electrons. The van der Waals surface area contributed by atoms with Gasteiger partial charge in [0.15, 0.2) is 5.76 Å². The number of hydrogen-bond donors (Lipinski definition) is 2. The van der Waals surface area contributed by atoms with Crippen molar-refractivity contribution in [2.24, 2.45) is 0 Å². The predicted octanol–water partition coefficient (Wildman–Crippen LogP) is 1.55. The van der Waals surface area contributed by atoms with E-state index in [4.69, 9.17) is 9.52 Å². The van der Waals surface area contributed by atoms with Crippen molar-refractivity contribution in [3.8, 4) is 11.8 Å². The molecule has 0 aliphatic carbocycles. The summed E-state index contributed by atoms with van der Waals surface area (Å²) in [7, 11) is 0. The predicted molar refractivity (Wildman–Crippen MR) is 70.3 cm³/mol. The third kappa shape index (κ3) is 3.47. The molecule has 4 heteroatoms. The number of aliphatic hydroxyl groups excluding tert-OH is 1. The number of aliphatic hydroxyl groups is 1. The van der Waals surface area contributed by atoms with Gasteiger partial charge < -0.3 is 14.8 Å². The molecule has 2 rings (SSSR count). The molecule has 2 aromatic rings. The van der Waals surface area contributed by atoms with Gasteiger partial charge in [0.25, 0.3) is 5.91 Å². The number of hydrogen-bond acceptors (Lipinski definition) is 3. The van der Waals surface area contributed by atoms with Crippen LogP contribution in [0.25, 0.3) is 0 Å². The van der Waals surface area contributed by atoms with Crippen LogP contribution in [0.1, 0.15) is 21.7 Å². The van der Waals surface area contributed by atoms with Crippen molar-refractivity contribution in [3.05, 3.63) is 59.5 Å². The molecule has 0 saturated carbocycles. The fourth-order valence-corrected chi connectivity index (χ4v) is 1.60. The van der Waals surface area contributed by atoms with Gasteiger partial charge in [-0.25, -0.2) is 0 Å². The summed E-state index contributed by atoms with van der Waals surface area (Å²) >= 11 is 0. The fraction of sp³-hybridized carbons (Fsp3) is 0.133. The normalized spacial score (nSPS) is 9.53. The van der Waals surface area contributed by atoms with E-state index in [0.29, 0.717) is 6.54 Å². The molecule has 2 N–H and O–H groups in total. The molecule has 0 atom stereocenters. The van der Waals surface area contributed by atoms with Gasteiger partial charge in [0.2, 0.25) is 0 Å². The molecule has 0 bridgehead atoms. The van der Waals surface area contributed by atoms with Crippen LogP contribution in [0.15, 0.2) is 47.1 Å². The van der Waals surface area contributed by atoms with Crippen molar-refractivity contribution >= 4 is 5.91 Å². The van der Waals surface area contributed by atoms with Crippen LogP contribution in [-0.2, 0) is 6.54 Å². The molecule has 0 unspecified atom stereocenters. The Morgan fingerprint density at radius 3 is 2.84 bits per heavy atom. The average molecular weight is 255 g/mol. The van der Waals surface area contributed by atoms with Crippen molar-refractivity contribution in [1.82, 2.24) is 5.32 Å². The Bertz CT molecular complexity index is 606. The second-order valence-corrected chi connectivity index (χ2v) is 3.78. The fourth-order valence-electron chi connectivity index (χ4n) is 1.60. The third-order valence-electron chi connectivity index (χ3n) is 2.50. The van der Waals surface area contributed by atoms with E-state index in [0.717, 1.165) is 11.1 Å². The van der Waals surface area contributed by atoms with Gasteiger partial charge in [-0.3, -0.25) is 4.79 Å². The highest BCUT2D eigenvalue weighted by atomic mass is 16.3. The topological polar surface area (TPSA) is 62.5 Å². The first-order valence-electron chi connectivity index (χ1n) is 5.80. The summed E-state index contributed by atoms with van der Waals surface area (Å²) in [5.74, 6) is 5.45. The van der Waals surface area contributed by atoms with E-state index >= 15 is 0 Å². The van der Waals surface area contributed by atoms with Crippen LogP contribution in [0.2, 0.25) is 0 Å². The number of furan rings is 1. The highest BCUT2D eigenvalue weighted by Gasteiger charge is 2.08. The molecule has 1 aromatic carbocycles. The van der Waals surface area contributed by atoms with Crippen LogP contribution in [0.5, 0.6) is 0 Å². The molecule has 0 spiro atoms. The molecule has 1 heterocycles. The highest BCUT2D eigenvalue weighted by Crippen LogP contribution is 2.07. The highest BCUT2D eigenvalue weighted by molar-refractivity contribution is 5.91. The van der Waals surface area contributed by atoms with Crippen molar-refractivity contribution < 1.29 is 14.3 Å². The minimum absolute atomic E-state index is 0.187. The number of carbonyl (C=O) groups excluding carboxylic acids is 1. The van der Waals surface area contributed by atoms with Crippen LogP contribution in [0.4, 0.5) is 0 Å². The lowest BCUT2D eigenvalue weighted by atomic mass is 10.1. The lowest BCUT2D eigenvalue weighted by Gasteiger charge is -2.05. The molecule has 1 amide bonds. The summed E-state index contributed by atoms with van der Waals surface area (Å²) < 4.78 is 5.01. The van der Waals surface area contributed by atoms with Gasteiger partial charge in [-0.05, 0) is 23.8 Å². The van der Waals surface area contributed by atoms with Gasteiger partial charge in [0.05, 0.1) is 6.26 Å². The summed E-state index contributed by atoms with van der Waals surface area (Å²) in [6.45, 7) is 0.170. The summed E-state index contributed by atoms with van der Waals surface area (Å²) in [5.41, 5.74) is 1.68. The number of rotatable bonds is 3. The van der Waals surface area contributed by atoms with E-state index in [1.807, 2.05) is 24.3 Å². The Labute approximate surface area is 111 Å². The van der Waals surface area contributed by atoms with E-state index in [-0.39, 0.29) is 18.3 Å². The Morgan fingerprint density at radius 1 is 1.26 bits per heavy atom. The lowest BCUT2D eigenvalue weighted by molar-refractivity contribution is 0.0923. The SMILES string of the molecule is O=C(NCc1ccccc1C#CCO)c1ccco1. The van der Waals surface area contributed by atoms with E-state index in [9.17, 15) is 4.79 Å². The molecular formula is C15H13NO3. The van der Waals surface area contributed by atoms with Crippen molar-refractivity contribution in [3.63, 3.8) is 0 Å². The van der Waals surface area contributed by atoms with Crippen LogP contribution in [-0.4, -0.2) is 17.6 Å². The Kier molecular flexibility index (Phi) is 4.38. The van der Waals surface area contributed by atoms with Crippen LogP contribution >= 0.6 is 0 Å². The second kappa shape index (κ2) is 6.43. The zero-order chi connectivity index (χ0) is 13.5. The molecule has 0 aliphatic heterocycles.